The van der Waals surface area contributed by atoms with Crippen LogP contribution in [0, 0.1) is 0 Å². The van der Waals surface area contributed by atoms with Gasteiger partial charge >= 0.3 is 0 Å². The van der Waals surface area contributed by atoms with Gasteiger partial charge in [0.05, 0.1) is 0 Å². The van der Waals surface area contributed by atoms with E-state index in [1.54, 1.807) is 11.3 Å². The van der Waals surface area contributed by atoms with Gasteiger partial charge < -0.3 is 5.32 Å². The summed E-state index contributed by atoms with van der Waals surface area (Å²) in [5, 5.41) is 5.67. The Morgan fingerprint density at radius 1 is 1.37 bits per heavy atom. The van der Waals surface area contributed by atoms with Crippen LogP contribution in [0.25, 0.3) is 0 Å². The van der Waals surface area contributed by atoms with E-state index in [0.717, 1.165) is 29.6 Å². The van der Waals surface area contributed by atoms with Gasteiger partial charge in [-0.15, -0.1) is 11.3 Å². The maximum atomic E-state index is 4.56. The second-order valence-electron chi connectivity index (χ2n) is 4.49. The number of hydrogen-bond acceptors (Lipinski definition) is 3. The Labute approximate surface area is 127 Å². The number of rotatable bonds is 6. The minimum Gasteiger partial charge on any atom is -0.309 e. The first-order chi connectivity index (χ1) is 9.22. The highest BCUT2D eigenvalue weighted by Crippen LogP contribution is 2.27. The topological polar surface area (TPSA) is 24.9 Å². The van der Waals surface area contributed by atoms with Gasteiger partial charge in [-0.05, 0) is 46.6 Å². The number of hydrogen-bond donors (Lipinski definition) is 1. The quantitative estimate of drug-likeness (QED) is 0.846. The average Bonchev–Trinajstić information content (AvgIpc) is 2.86. The molecule has 1 unspecified atom stereocenters. The highest BCUT2D eigenvalue weighted by Gasteiger charge is 2.14. The molecule has 2 rings (SSSR count). The van der Waals surface area contributed by atoms with Crippen LogP contribution >= 0.6 is 27.3 Å². The van der Waals surface area contributed by atoms with E-state index in [2.05, 4.69) is 63.7 Å². The molecule has 0 saturated carbocycles. The fraction of sp³-hybridized carbons (Fsp3) is 0.400. The first-order valence-corrected chi connectivity index (χ1v) is 8.31. The van der Waals surface area contributed by atoms with Gasteiger partial charge in [0.25, 0.3) is 0 Å². The lowest BCUT2D eigenvalue weighted by atomic mass is 10.1. The predicted molar refractivity (Wildman–Crippen MR) is 85.8 cm³/mol. The lowest BCUT2D eigenvalue weighted by Crippen LogP contribution is -2.22. The Bertz CT molecular complexity index is 507. The summed E-state index contributed by atoms with van der Waals surface area (Å²) in [6, 6.07) is 6.86. The number of aryl methyl sites for hydroxylation is 1. The molecule has 2 nitrogen and oxygen atoms in total. The minimum absolute atomic E-state index is 0.348. The summed E-state index contributed by atoms with van der Waals surface area (Å²) in [5.41, 5.74) is 2.44. The van der Waals surface area contributed by atoms with Gasteiger partial charge in [-0.2, -0.15) is 0 Å². The Kier molecular flexibility index (Phi) is 5.55. The Morgan fingerprint density at radius 3 is 2.74 bits per heavy atom. The van der Waals surface area contributed by atoms with Crippen LogP contribution in [0.1, 0.15) is 36.0 Å². The maximum Gasteiger partial charge on any atom is 0.0471 e. The number of thiophene rings is 1. The summed E-state index contributed by atoms with van der Waals surface area (Å²) < 4.78 is 1.16. The molecule has 0 aliphatic rings. The van der Waals surface area contributed by atoms with E-state index in [1.165, 1.54) is 10.4 Å². The molecule has 2 heterocycles. The molecule has 0 aromatic carbocycles. The van der Waals surface area contributed by atoms with Crippen LogP contribution in [0.5, 0.6) is 0 Å². The van der Waals surface area contributed by atoms with Crippen molar-refractivity contribution in [3.8, 4) is 0 Å². The van der Waals surface area contributed by atoms with Crippen molar-refractivity contribution in [2.24, 2.45) is 0 Å². The van der Waals surface area contributed by atoms with Crippen molar-refractivity contribution in [2.45, 2.75) is 32.7 Å². The monoisotopic (exact) mass is 338 g/mol. The van der Waals surface area contributed by atoms with Crippen molar-refractivity contribution in [3.05, 3.63) is 50.4 Å². The standard InChI is InChI=1S/C15H19BrN2S/c1-3-11-5-6-13(18-9-11)8-14(17-4-2)15-7-12(16)10-19-15/h5-7,9-10,14,17H,3-4,8H2,1-2H3. The van der Waals surface area contributed by atoms with Crippen molar-refractivity contribution in [1.82, 2.24) is 10.3 Å². The fourth-order valence-corrected chi connectivity index (χ4v) is 3.55. The van der Waals surface area contributed by atoms with Crippen LogP contribution in [0.3, 0.4) is 0 Å². The zero-order valence-electron chi connectivity index (χ0n) is 11.3. The molecule has 0 spiro atoms. The number of likely N-dealkylation sites (N-methyl/N-ethyl adjacent to an activating group) is 1. The lowest BCUT2D eigenvalue weighted by molar-refractivity contribution is 0.552. The molecule has 1 atom stereocenters. The van der Waals surface area contributed by atoms with Crippen molar-refractivity contribution >= 4 is 27.3 Å². The molecule has 0 radical (unpaired) electrons. The Hall–Kier alpha value is -0.710. The lowest BCUT2D eigenvalue weighted by Gasteiger charge is -2.16. The van der Waals surface area contributed by atoms with Crippen LogP contribution in [-0.2, 0) is 12.8 Å². The van der Waals surface area contributed by atoms with E-state index in [-0.39, 0.29) is 0 Å². The van der Waals surface area contributed by atoms with E-state index in [0.29, 0.717) is 6.04 Å². The van der Waals surface area contributed by atoms with Gasteiger partial charge in [-0.1, -0.05) is 19.9 Å². The van der Waals surface area contributed by atoms with Crippen LogP contribution < -0.4 is 5.32 Å². The molecule has 2 aromatic heterocycles. The third-order valence-corrected chi connectivity index (χ3v) is 4.90. The van der Waals surface area contributed by atoms with E-state index in [9.17, 15) is 0 Å². The molecule has 0 aliphatic carbocycles. The zero-order valence-corrected chi connectivity index (χ0v) is 13.7. The maximum absolute atomic E-state index is 4.56. The Balaban J connectivity index is 2.11. The van der Waals surface area contributed by atoms with Crippen molar-refractivity contribution in [3.63, 3.8) is 0 Å². The summed E-state index contributed by atoms with van der Waals surface area (Å²) in [6.07, 6.45) is 3.97. The molecular formula is C15H19BrN2S. The van der Waals surface area contributed by atoms with Gasteiger partial charge in [-0.3, -0.25) is 4.98 Å². The van der Waals surface area contributed by atoms with Crippen LogP contribution in [-0.4, -0.2) is 11.5 Å². The molecule has 0 amide bonds. The molecule has 19 heavy (non-hydrogen) atoms. The molecule has 102 valence electrons. The van der Waals surface area contributed by atoms with E-state index >= 15 is 0 Å². The molecular weight excluding hydrogens is 320 g/mol. The van der Waals surface area contributed by atoms with Gasteiger partial charge in [0, 0.05) is 39.1 Å². The molecule has 0 bridgehead atoms. The number of aromatic nitrogens is 1. The highest BCUT2D eigenvalue weighted by molar-refractivity contribution is 9.10. The molecule has 0 fully saturated rings. The normalized spacial score (nSPS) is 12.6. The van der Waals surface area contributed by atoms with Crippen molar-refractivity contribution in [2.75, 3.05) is 6.54 Å². The number of nitrogens with one attached hydrogen (secondary N) is 1. The van der Waals surface area contributed by atoms with Gasteiger partial charge in [-0.25, -0.2) is 0 Å². The van der Waals surface area contributed by atoms with E-state index < -0.39 is 0 Å². The molecule has 0 saturated heterocycles. The molecule has 1 N–H and O–H groups in total. The highest BCUT2D eigenvalue weighted by atomic mass is 79.9. The summed E-state index contributed by atoms with van der Waals surface area (Å²) >= 11 is 5.31. The molecule has 2 aromatic rings. The smallest absolute Gasteiger partial charge is 0.0471 e. The third-order valence-electron chi connectivity index (χ3n) is 3.09. The summed E-state index contributed by atoms with van der Waals surface area (Å²) in [7, 11) is 0. The average molecular weight is 339 g/mol. The largest absolute Gasteiger partial charge is 0.309 e. The zero-order chi connectivity index (χ0) is 13.7. The van der Waals surface area contributed by atoms with Crippen molar-refractivity contribution in [1.29, 1.82) is 0 Å². The summed E-state index contributed by atoms with van der Waals surface area (Å²) in [5.74, 6) is 0. The third kappa shape index (κ3) is 4.13. The first kappa shape index (κ1) is 14.7. The first-order valence-electron chi connectivity index (χ1n) is 6.64. The van der Waals surface area contributed by atoms with Crippen LogP contribution in [0.4, 0.5) is 0 Å². The summed E-state index contributed by atoms with van der Waals surface area (Å²) in [4.78, 5) is 5.91. The van der Waals surface area contributed by atoms with Gasteiger partial charge in [0.2, 0.25) is 0 Å². The number of nitrogens with zero attached hydrogens (tertiary/aromatic N) is 1. The SMILES string of the molecule is CCNC(Cc1ccc(CC)cn1)c1cc(Br)cs1. The summed E-state index contributed by atoms with van der Waals surface area (Å²) in [6.45, 7) is 5.26. The van der Waals surface area contributed by atoms with Crippen LogP contribution in [0.15, 0.2) is 34.2 Å². The fourth-order valence-electron chi connectivity index (χ4n) is 2.02. The number of pyridine rings is 1. The Morgan fingerprint density at radius 2 is 2.21 bits per heavy atom. The van der Waals surface area contributed by atoms with E-state index in [1.807, 2.05) is 6.20 Å². The second kappa shape index (κ2) is 7.17. The van der Waals surface area contributed by atoms with Crippen LogP contribution in [0.2, 0.25) is 0 Å². The van der Waals surface area contributed by atoms with Crippen molar-refractivity contribution < 1.29 is 0 Å². The minimum atomic E-state index is 0.348. The van der Waals surface area contributed by atoms with Gasteiger partial charge in [0.15, 0.2) is 0 Å². The molecule has 4 heteroatoms. The second-order valence-corrected chi connectivity index (χ2v) is 6.35. The van der Waals surface area contributed by atoms with E-state index in [4.69, 9.17) is 0 Å². The predicted octanol–water partition coefficient (Wildman–Crippen LogP) is 4.36. The molecule has 0 aliphatic heterocycles. The number of halogens is 1. The van der Waals surface area contributed by atoms with Gasteiger partial charge in [0.1, 0.15) is 0 Å².